The third kappa shape index (κ3) is 3.58. The molecule has 0 amide bonds. The number of benzene rings is 2. The van der Waals surface area contributed by atoms with Gasteiger partial charge in [0.2, 0.25) is 0 Å². The van der Waals surface area contributed by atoms with Gasteiger partial charge in [-0.25, -0.2) is 0 Å². The van der Waals surface area contributed by atoms with Crippen molar-refractivity contribution in [2.75, 3.05) is 13.2 Å². The molecule has 27 heavy (non-hydrogen) atoms. The Morgan fingerprint density at radius 1 is 0.667 bits per heavy atom. The van der Waals surface area contributed by atoms with Crippen molar-refractivity contribution in [3.8, 4) is 11.1 Å². The molecule has 2 atom stereocenters. The molecule has 2 heteroatoms. The molecule has 2 aromatic rings. The molecule has 0 spiro atoms. The topological polar surface area (TPSA) is 25.1 Å². The summed E-state index contributed by atoms with van der Waals surface area (Å²) in [6.45, 7) is 1.97. The lowest BCUT2D eigenvalue weighted by Gasteiger charge is -2.33. The van der Waals surface area contributed by atoms with Crippen LogP contribution in [0.5, 0.6) is 0 Å². The summed E-state index contributed by atoms with van der Waals surface area (Å²) in [4.78, 5) is 0. The summed E-state index contributed by atoms with van der Waals surface area (Å²) in [7, 11) is 0. The maximum absolute atomic E-state index is 5.41. The summed E-state index contributed by atoms with van der Waals surface area (Å²) in [6, 6.07) is 18.3. The molecule has 2 heterocycles. The molecule has 2 unspecified atom stereocenters. The minimum atomic E-state index is 0.196. The van der Waals surface area contributed by atoms with Crippen LogP contribution in [0.4, 0.5) is 0 Å². The van der Waals surface area contributed by atoms with Crippen LogP contribution in [0.25, 0.3) is 11.1 Å². The lowest BCUT2D eigenvalue weighted by atomic mass is 9.70. The molecule has 2 aromatic carbocycles. The summed E-state index contributed by atoms with van der Waals surface area (Å²) in [5.41, 5.74) is 6.25. The highest BCUT2D eigenvalue weighted by Crippen LogP contribution is 2.54. The number of ether oxygens (including phenoxy) is 2. The van der Waals surface area contributed by atoms with Crippen molar-refractivity contribution in [3.63, 3.8) is 0 Å². The highest BCUT2D eigenvalue weighted by Gasteiger charge is 2.42. The van der Waals surface area contributed by atoms with E-state index in [1.165, 1.54) is 62.5 Å². The van der Waals surface area contributed by atoms with Crippen molar-refractivity contribution in [1.82, 2.24) is 0 Å². The van der Waals surface area contributed by atoms with E-state index in [9.17, 15) is 0 Å². The van der Waals surface area contributed by atoms with E-state index in [-0.39, 0.29) is 5.41 Å². The first-order chi connectivity index (χ1) is 13.4. The highest BCUT2D eigenvalue weighted by atomic mass is 16.6. The predicted molar refractivity (Wildman–Crippen MR) is 109 cm³/mol. The van der Waals surface area contributed by atoms with Crippen LogP contribution in [-0.2, 0) is 14.9 Å². The van der Waals surface area contributed by atoms with E-state index in [4.69, 9.17) is 9.47 Å². The summed E-state index contributed by atoms with van der Waals surface area (Å²) in [5.74, 6) is 0. The monoisotopic (exact) mass is 362 g/mol. The summed E-state index contributed by atoms with van der Waals surface area (Å²) in [5, 5.41) is 0. The second kappa shape index (κ2) is 7.41. The highest BCUT2D eigenvalue weighted by molar-refractivity contribution is 5.80. The van der Waals surface area contributed by atoms with Crippen LogP contribution in [0.2, 0.25) is 0 Å². The summed E-state index contributed by atoms with van der Waals surface area (Å²) >= 11 is 0. The molecule has 0 saturated carbocycles. The maximum Gasteiger partial charge on any atom is 0.0810 e. The number of hydrogen-bond acceptors (Lipinski definition) is 2. The van der Waals surface area contributed by atoms with Gasteiger partial charge in [0.1, 0.15) is 0 Å². The van der Waals surface area contributed by atoms with Crippen LogP contribution in [0, 0.1) is 0 Å². The Bertz CT molecular complexity index is 721. The van der Waals surface area contributed by atoms with Crippen LogP contribution in [0.1, 0.15) is 62.5 Å². The number of rotatable bonds is 10. The van der Waals surface area contributed by atoms with Crippen molar-refractivity contribution in [2.45, 2.75) is 69.0 Å². The largest absolute Gasteiger partial charge is 0.373 e. The first-order valence-electron chi connectivity index (χ1n) is 10.8. The Labute approximate surface area is 162 Å². The van der Waals surface area contributed by atoms with Crippen LogP contribution in [0.15, 0.2) is 48.5 Å². The number of epoxide rings is 2. The van der Waals surface area contributed by atoms with Crippen molar-refractivity contribution in [2.24, 2.45) is 0 Å². The summed E-state index contributed by atoms with van der Waals surface area (Å²) in [6.07, 6.45) is 11.2. The molecule has 1 aliphatic carbocycles. The van der Waals surface area contributed by atoms with Crippen LogP contribution in [0.3, 0.4) is 0 Å². The second-order valence-corrected chi connectivity index (χ2v) is 8.58. The van der Waals surface area contributed by atoms with Gasteiger partial charge >= 0.3 is 0 Å². The van der Waals surface area contributed by atoms with Gasteiger partial charge in [-0.05, 0) is 47.9 Å². The fraction of sp³-hybridized carbons (Fsp3) is 0.520. The molecule has 0 N–H and O–H groups in total. The molecule has 0 aromatic heterocycles. The third-order valence-corrected chi connectivity index (χ3v) is 6.74. The fourth-order valence-electron chi connectivity index (χ4n) is 5.15. The standard InChI is InChI=1S/C25H30O2/c1-3-13-23-21(11-1)22-12-2-4-14-24(22)25(23,15-7-5-9-19-17-26-19)16-8-6-10-20-18-27-20/h1-4,11-14,19-20H,5-10,15-18H2. The van der Waals surface area contributed by atoms with E-state index in [1.54, 1.807) is 11.1 Å². The van der Waals surface area contributed by atoms with E-state index in [0.717, 1.165) is 13.2 Å². The Morgan fingerprint density at radius 3 is 1.56 bits per heavy atom. The Morgan fingerprint density at radius 2 is 1.11 bits per heavy atom. The molecular weight excluding hydrogens is 332 g/mol. The minimum Gasteiger partial charge on any atom is -0.373 e. The number of unbranched alkanes of at least 4 members (excludes halogenated alkanes) is 2. The quantitative estimate of drug-likeness (QED) is 0.390. The van der Waals surface area contributed by atoms with Crippen molar-refractivity contribution in [3.05, 3.63) is 59.7 Å². The zero-order chi connectivity index (χ0) is 18.1. The molecule has 0 bridgehead atoms. The van der Waals surface area contributed by atoms with Crippen LogP contribution >= 0.6 is 0 Å². The zero-order valence-corrected chi connectivity index (χ0v) is 16.2. The zero-order valence-electron chi connectivity index (χ0n) is 16.2. The third-order valence-electron chi connectivity index (χ3n) is 6.74. The SMILES string of the molecule is c1ccc2c(c1)-c1ccccc1C2(CCCCC1CO1)CCCCC1CO1. The van der Waals surface area contributed by atoms with Crippen LogP contribution < -0.4 is 0 Å². The van der Waals surface area contributed by atoms with Gasteiger partial charge in [0, 0.05) is 5.41 Å². The Balaban J connectivity index is 1.40. The van der Waals surface area contributed by atoms with E-state index >= 15 is 0 Å². The molecule has 142 valence electrons. The van der Waals surface area contributed by atoms with Gasteiger partial charge in [-0.3, -0.25) is 0 Å². The molecule has 5 rings (SSSR count). The van der Waals surface area contributed by atoms with E-state index in [2.05, 4.69) is 48.5 Å². The van der Waals surface area contributed by atoms with E-state index < -0.39 is 0 Å². The van der Waals surface area contributed by atoms with Gasteiger partial charge in [0.25, 0.3) is 0 Å². The summed E-state index contributed by atoms with van der Waals surface area (Å²) < 4.78 is 10.8. The van der Waals surface area contributed by atoms with Gasteiger partial charge in [-0.15, -0.1) is 0 Å². The molecule has 3 aliphatic rings. The lowest BCUT2D eigenvalue weighted by molar-refractivity contribution is 0.360. The fourth-order valence-corrected chi connectivity index (χ4v) is 5.15. The maximum atomic E-state index is 5.41. The first-order valence-corrected chi connectivity index (χ1v) is 10.8. The molecule has 2 fully saturated rings. The normalized spacial score (nSPS) is 23.7. The molecule has 2 aliphatic heterocycles. The van der Waals surface area contributed by atoms with Crippen molar-refractivity contribution < 1.29 is 9.47 Å². The molecule has 2 nitrogen and oxygen atoms in total. The molecular formula is C25H30O2. The van der Waals surface area contributed by atoms with Crippen LogP contribution in [-0.4, -0.2) is 25.4 Å². The second-order valence-electron chi connectivity index (χ2n) is 8.58. The van der Waals surface area contributed by atoms with E-state index in [0.29, 0.717) is 12.2 Å². The predicted octanol–water partition coefficient (Wildman–Crippen LogP) is 5.87. The van der Waals surface area contributed by atoms with Gasteiger partial charge in [0.15, 0.2) is 0 Å². The first kappa shape index (κ1) is 17.5. The van der Waals surface area contributed by atoms with Crippen molar-refractivity contribution in [1.29, 1.82) is 0 Å². The van der Waals surface area contributed by atoms with E-state index in [1.807, 2.05) is 0 Å². The van der Waals surface area contributed by atoms with Gasteiger partial charge in [-0.1, -0.05) is 74.2 Å². The average molecular weight is 363 g/mol. The van der Waals surface area contributed by atoms with Gasteiger partial charge < -0.3 is 9.47 Å². The Kier molecular flexibility index (Phi) is 4.79. The van der Waals surface area contributed by atoms with Crippen molar-refractivity contribution >= 4 is 0 Å². The molecule has 0 radical (unpaired) electrons. The minimum absolute atomic E-state index is 0.196. The molecule has 2 saturated heterocycles. The van der Waals surface area contributed by atoms with Gasteiger partial charge in [-0.2, -0.15) is 0 Å². The number of hydrogen-bond donors (Lipinski definition) is 0. The smallest absolute Gasteiger partial charge is 0.0810 e. The number of fused-ring (bicyclic) bond motifs is 3. The lowest BCUT2D eigenvalue weighted by Crippen LogP contribution is -2.25. The van der Waals surface area contributed by atoms with Gasteiger partial charge in [0.05, 0.1) is 25.4 Å². The average Bonchev–Trinajstić information content (AvgIpc) is 3.63. The Hall–Kier alpha value is -1.64.